The smallest absolute Gasteiger partial charge is 0.322 e. The summed E-state index contributed by atoms with van der Waals surface area (Å²) in [6, 6.07) is 12.1. The number of hydrogen-bond donors (Lipinski definition) is 1. The van der Waals surface area contributed by atoms with Crippen molar-refractivity contribution in [3.63, 3.8) is 0 Å². The third-order valence-corrected chi connectivity index (χ3v) is 4.73. The summed E-state index contributed by atoms with van der Waals surface area (Å²) in [5, 5.41) is 3.00. The third-order valence-electron chi connectivity index (χ3n) is 4.24. The van der Waals surface area contributed by atoms with Crippen LogP contribution in [-0.2, 0) is 6.54 Å². The number of benzene rings is 1. The van der Waals surface area contributed by atoms with Gasteiger partial charge in [0.2, 0.25) is 0 Å². The summed E-state index contributed by atoms with van der Waals surface area (Å²) in [6.07, 6.45) is 0.912. The van der Waals surface area contributed by atoms with Crippen LogP contribution in [0.15, 0.2) is 40.9 Å². The van der Waals surface area contributed by atoms with Gasteiger partial charge in [0.1, 0.15) is 0 Å². The predicted molar refractivity (Wildman–Crippen MR) is 92.1 cm³/mol. The summed E-state index contributed by atoms with van der Waals surface area (Å²) in [6.45, 7) is 5.84. The first-order chi connectivity index (χ1) is 10.6. The lowest BCUT2D eigenvalue weighted by Crippen LogP contribution is -2.44. The van der Waals surface area contributed by atoms with E-state index in [9.17, 15) is 4.79 Å². The van der Waals surface area contributed by atoms with Crippen LogP contribution in [0.5, 0.6) is 0 Å². The molecule has 2 heterocycles. The molecule has 0 saturated heterocycles. The zero-order valence-electron chi connectivity index (χ0n) is 12.8. The van der Waals surface area contributed by atoms with Crippen LogP contribution in [0.1, 0.15) is 30.8 Å². The fourth-order valence-electron chi connectivity index (χ4n) is 3.14. The van der Waals surface area contributed by atoms with Crippen molar-refractivity contribution in [1.82, 2.24) is 9.47 Å². The second kappa shape index (κ2) is 6.16. The number of rotatable bonds is 2. The van der Waals surface area contributed by atoms with Gasteiger partial charge in [0.15, 0.2) is 0 Å². The summed E-state index contributed by atoms with van der Waals surface area (Å²) < 4.78 is 3.28. The summed E-state index contributed by atoms with van der Waals surface area (Å²) >= 11 is 3.43. The van der Waals surface area contributed by atoms with Crippen molar-refractivity contribution >= 4 is 27.6 Å². The van der Waals surface area contributed by atoms with Gasteiger partial charge >= 0.3 is 6.03 Å². The standard InChI is InChI=1S/C17H20BrN3O/c1-3-15-16-8-7-12(2)20(16)9-10-21(15)17(22)19-14-6-4-5-13(18)11-14/h4-8,11,15H,3,9-10H2,1-2H3,(H,19,22)/t15-/m1/s1. The first kappa shape index (κ1) is 15.2. The Morgan fingerprint density at radius 2 is 2.14 bits per heavy atom. The highest BCUT2D eigenvalue weighted by Crippen LogP contribution is 2.30. The number of nitrogens with one attached hydrogen (secondary N) is 1. The Kier molecular flexibility index (Phi) is 4.25. The highest BCUT2D eigenvalue weighted by molar-refractivity contribution is 9.10. The lowest BCUT2D eigenvalue weighted by molar-refractivity contribution is 0.165. The maximum atomic E-state index is 12.7. The molecular weight excluding hydrogens is 342 g/mol. The van der Waals surface area contributed by atoms with E-state index < -0.39 is 0 Å². The predicted octanol–water partition coefficient (Wildman–Crippen LogP) is 4.56. The van der Waals surface area contributed by atoms with Crippen molar-refractivity contribution in [3.05, 3.63) is 52.3 Å². The molecule has 1 atom stereocenters. The zero-order chi connectivity index (χ0) is 15.7. The number of halogens is 1. The minimum absolute atomic E-state index is 0.0324. The van der Waals surface area contributed by atoms with Gasteiger partial charge in [-0.05, 0) is 43.7 Å². The van der Waals surface area contributed by atoms with Gasteiger partial charge in [-0.1, -0.05) is 28.9 Å². The Balaban J connectivity index is 1.81. The number of aromatic nitrogens is 1. The van der Waals surface area contributed by atoms with Crippen LogP contribution in [0.3, 0.4) is 0 Å². The molecule has 116 valence electrons. The Morgan fingerprint density at radius 1 is 1.32 bits per heavy atom. The van der Waals surface area contributed by atoms with Crippen LogP contribution < -0.4 is 5.32 Å². The molecule has 0 saturated carbocycles. The van der Waals surface area contributed by atoms with Gasteiger partial charge in [-0.2, -0.15) is 0 Å². The number of urea groups is 1. The Labute approximate surface area is 139 Å². The molecule has 0 bridgehead atoms. The maximum Gasteiger partial charge on any atom is 0.322 e. The highest BCUT2D eigenvalue weighted by atomic mass is 79.9. The summed E-state index contributed by atoms with van der Waals surface area (Å²) in [7, 11) is 0. The molecule has 0 radical (unpaired) electrons. The molecule has 1 aromatic carbocycles. The van der Waals surface area contributed by atoms with Gasteiger partial charge < -0.3 is 14.8 Å². The maximum absolute atomic E-state index is 12.7. The number of anilines is 1. The molecule has 1 aliphatic heterocycles. The summed E-state index contributed by atoms with van der Waals surface area (Å²) in [5.74, 6) is 0. The van der Waals surface area contributed by atoms with Gasteiger partial charge in [-0.3, -0.25) is 0 Å². The van der Waals surface area contributed by atoms with Gasteiger partial charge in [0.05, 0.1) is 6.04 Å². The number of hydrogen-bond acceptors (Lipinski definition) is 1. The van der Waals surface area contributed by atoms with Crippen LogP contribution in [0.25, 0.3) is 0 Å². The van der Waals surface area contributed by atoms with E-state index in [2.05, 4.69) is 51.8 Å². The van der Waals surface area contributed by atoms with Gasteiger partial charge in [-0.25, -0.2) is 4.79 Å². The van der Waals surface area contributed by atoms with Crippen molar-refractivity contribution in [2.75, 3.05) is 11.9 Å². The quantitative estimate of drug-likeness (QED) is 0.836. The molecule has 2 amide bonds. The van der Waals surface area contributed by atoms with Crippen LogP contribution >= 0.6 is 15.9 Å². The third kappa shape index (κ3) is 2.77. The molecule has 0 aliphatic carbocycles. The normalized spacial score (nSPS) is 17.2. The van der Waals surface area contributed by atoms with Crippen molar-refractivity contribution in [3.8, 4) is 0 Å². The number of nitrogens with zero attached hydrogens (tertiary/aromatic N) is 2. The van der Waals surface area contributed by atoms with Crippen LogP contribution in [0.2, 0.25) is 0 Å². The second-order valence-corrected chi connectivity index (χ2v) is 6.52. The molecule has 3 rings (SSSR count). The Hall–Kier alpha value is -1.75. The van der Waals surface area contributed by atoms with Gasteiger partial charge in [0.25, 0.3) is 0 Å². The molecule has 22 heavy (non-hydrogen) atoms. The SMILES string of the molecule is CC[C@@H]1c2ccc(C)n2CCN1C(=O)Nc1cccc(Br)c1. The van der Waals surface area contributed by atoms with E-state index in [1.807, 2.05) is 29.2 Å². The Bertz CT molecular complexity index is 695. The number of carbonyl (C=O) groups is 1. The molecule has 0 fully saturated rings. The fraction of sp³-hybridized carbons (Fsp3) is 0.353. The average Bonchev–Trinajstić information content (AvgIpc) is 2.88. The molecule has 0 spiro atoms. The largest absolute Gasteiger partial charge is 0.345 e. The summed E-state index contributed by atoms with van der Waals surface area (Å²) in [5.41, 5.74) is 3.31. The van der Waals surface area contributed by atoms with Gasteiger partial charge in [0, 0.05) is 34.6 Å². The van der Waals surface area contributed by atoms with Crippen molar-refractivity contribution in [2.24, 2.45) is 0 Å². The molecular formula is C17H20BrN3O. The highest BCUT2D eigenvalue weighted by Gasteiger charge is 2.30. The zero-order valence-corrected chi connectivity index (χ0v) is 14.4. The van der Waals surface area contributed by atoms with Gasteiger partial charge in [-0.15, -0.1) is 0 Å². The van der Waals surface area contributed by atoms with Crippen LogP contribution in [0, 0.1) is 6.92 Å². The molecule has 5 heteroatoms. The van der Waals surface area contributed by atoms with E-state index in [1.54, 1.807) is 0 Å². The lowest BCUT2D eigenvalue weighted by atomic mass is 10.1. The minimum atomic E-state index is -0.0324. The summed E-state index contributed by atoms with van der Waals surface area (Å²) in [4.78, 5) is 14.6. The fourth-order valence-corrected chi connectivity index (χ4v) is 3.54. The molecule has 1 N–H and O–H groups in total. The van der Waals surface area contributed by atoms with E-state index in [4.69, 9.17) is 0 Å². The van der Waals surface area contributed by atoms with E-state index in [1.165, 1.54) is 11.4 Å². The number of fused-ring (bicyclic) bond motifs is 1. The molecule has 1 aromatic heterocycles. The second-order valence-electron chi connectivity index (χ2n) is 5.61. The first-order valence-corrected chi connectivity index (χ1v) is 8.38. The van der Waals surface area contributed by atoms with E-state index in [0.717, 1.165) is 29.7 Å². The lowest BCUT2D eigenvalue weighted by Gasteiger charge is -2.37. The number of aryl methyl sites for hydroxylation is 1. The van der Waals surface area contributed by atoms with Crippen molar-refractivity contribution < 1.29 is 4.79 Å². The molecule has 4 nitrogen and oxygen atoms in total. The molecule has 2 aromatic rings. The van der Waals surface area contributed by atoms with Crippen molar-refractivity contribution in [1.29, 1.82) is 0 Å². The van der Waals surface area contributed by atoms with E-state index >= 15 is 0 Å². The average molecular weight is 362 g/mol. The van der Waals surface area contributed by atoms with Crippen LogP contribution in [0.4, 0.5) is 10.5 Å². The Morgan fingerprint density at radius 3 is 2.86 bits per heavy atom. The van der Waals surface area contributed by atoms with E-state index in [0.29, 0.717) is 0 Å². The molecule has 0 unspecified atom stereocenters. The molecule has 1 aliphatic rings. The number of carbonyl (C=O) groups excluding carboxylic acids is 1. The van der Waals surface area contributed by atoms with E-state index in [-0.39, 0.29) is 12.1 Å². The topological polar surface area (TPSA) is 37.3 Å². The first-order valence-electron chi connectivity index (χ1n) is 7.59. The number of amides is 2. The minimum Gasteiger partial charge on any atom is -0.345 e. The van der Waals surface area contributed by atoms with Crippen molar-refractivity contribution in [2.45, 2.75) is 32.9 Å². The van der Waals surface area contributed by atoms with Crippen LogP contribution in [-0.4, -0.2) is 22.0 Å². The monoisotopic (exact) mass is 361 g/mol.